The first-order valence-corrected chi connectivity index (χ1v) is 10.4. The van der Waals surface area contributed by atoms with Gasteiger partial charge in [-0.2, -0.15) is 5.10 Å². The fourth-order valence-corrected chi connectivity index (χ4v) is 3.12. The molecule has 0 radical (unpaired) electrons. The van der Waals surface area contributed by atoms with Crippen molar-refractivity contribution in [1.82, 2.24) is 5.43 Å². The van der Waals surface area contributed by atoms with E-state index in [1.807, 2.05) is 19.1 Å². The largest absolute Gasteiger partial charge is 0.479 e. The van der Waals surface area contributed by atoms with Crippen molar-refractivity contribution in [2.75, 3.05) is 0 Å². The van der Waals surface area contributed by atoms with E-state index in [9.17, 15) is 9.59 Å². The Morgan fingerprint density at radius 2 is 1.75 bits per heavy atom. The van der Waals surface area contributed by atoms with Gasteiger partial charge < -0.3 is 9.47 Å². The minimum absolute atomic E-state index is 0.309. The predicted molar refractivity (Wildman–Crippen MR) is 125 cm³/mol. The molecule has 0 saturated heterocycles. The number of hydrogen-bond acceptors (Lipinski definition) is 5. The molecular formula is C24H20Cl2N2O4. The number of hydrogen-bond donors (Lipinski definition) is 1. The van der Waals surface area contributed by atoms with Crippen LogP contribution >= 0.6 is 23.2 Å². The summed E-state index contributed by atoms with van der Waals surface area (Å²) in [6.07, 6.45) is 0.640. The van der Waals surface area contributed by atoms with Gasteiger partial charge in [0.2, 0.25) is 0 Å². The van der Waals surface area contributed by atoms with Crippen molar-refractivity contribution in [2.24, 2.45) is 5.10 Å². The standard InChI is InChI=1S/C24H20Cl2N2O4/c1-15-5-3-4-6-20(15)24(30)32-19-10-7-17(8-11-19)14-27-28-23(29)16(2)31-22-12-9-18(25)13-21(22)26/h3-14,16H,1-2H3,(H,28,29)/b27-14-/t16-/m1/s1. The molecule has 1 atom stereocenters. The number of nitrogens with zero attached hydrogens (tertiary/aromatic N) is 1. The summed E-state index contributed by atoms with van der Waals surface area (Å²) in [4.78, 5) is 24.5. The average Bonchev–Trinajstić information content (AvgIpc) is 2.77. The Balaban J connectivity index is 1.52. The van der Waals surface area contributed by atoms with Gasteiger partial charge in [-0.3, -0.25) is 4.79 Å². The lowest BCUT2D eigenvalue weighted by Gasteiger charge is -2.14. The SMILES string of the molecule is Cc1ccccc1C(=O)Oc1ccc(/C=N\NC(=O)[C@@H](C)Oc2ccc(Cl)cc2Cl)cc1. The van der Waals surface area contributed by atoms with Crippen LogP contribution in [0.25, 0.3) is 0 Å². The smallest absolute Gasteiger partial charge is 0.343 e. The molecule has 8 heteroatoms. The monoisotopic (exact) mass is 470 g/mol. The van der Waals surface area contributed by atoms with E-state index in [4.69, 9.17) is 32.7 Å². The normalized spacial score (nSPS) is 11.8. The molecule has 1 N–H and O–H groups in total. The van der Waals surface area contributed by atoms with E-state index in [0.717, 1.165) is 5.56 Å². The zero-order valence-corrected chi connectivity index (χ0v) is 18.9. The summed E-state index contributed by atoms with van der Waals surface area (Å²) in [5, 5.41) is 4.71. The first kappa shape index (κ1) is 23.3. The number of benzene rings is 3. The third-order valence-corrected chi connectivity index (χ3v) is 4.94. The van der Waals surface area contributed by atoms with Crippen molar-refractivity contribution in [3.05, 3.63) is 93.5 Å². The number of aryl methyl sites for hydroxylation is 1. The van der Waals surface area contributed by atoms with E-state index in [1.54, 1.807) is 55.5 Å². The molecule has 164 valence electrons. The Hall–Kier alpha value is -3.35. The number of nitrogens with one attached hydrogen (secondary N) is 1. The topological polar surface area (TPSA) is 77.0 Å². The molecular weight excluding hydrogens is 451 g/mol. The fourth-order valence-electron chi connectivity index (χ4n) is 2.66. The van der Waals surface area contributed by atoms with Crippen LogP contribution in [0.15, 0.2) is 71.8 Å². The molecule has 0 heterocycles. The van der Waals surface area contributed by atoms with Crippen molar-refractivity contribution in [3.63, 3.8) is 0 Å². The van der Waals surface area contributed by atoms with E-state index < -0.39 is 18.0 Å². The van der Waals surface area contributed by atoms with Gasteiger partial charge >= 0.3 is 5.97 Å². The Labute approximate surface area is 195 Å². The van der Waals surface area contributed by atoms with Crippen LogP contribution in [0.3, 0.4) is 0 Å². The van der Waals surface area contributed by atoms with Crippen LogP contribution in [0.1, 0.15) is 28.4 Å². The maximum absolute atomic E-state index is 12.3. The number of rotatable bonds is 7. The van der Waals surface area contributed by atoms with Gasteiger partial charge in [-0.25, -0.2) is 10.2 Å². The molecule has 3 aromatic carbocycles. The zero-order valence-electron chi connectivity index (χ0n) is 17.3. The Bertz CT molecular complexity index is 1150. The second-order valence-corrected chi connectivity index (χ2v) is 7.69. The van der Waals surface area contributed by atoms with E-state index in [0.29, 0.717) is 32.7 Å². The average molecular weight is 471 g/mol. The van der Waals surface area contributed by atoms with Gasteiger partial charge in [0.1, 0.15) is 11.5 Å². The lowest BCUT2D eigenvalue weighted by atomic mass is 10.1. The molecule has 0 aliphatic rings. The molecule has 1 amide bonds. The fraction of sp³-hybridized carbons (Fsp3) is 0.125. The van der Waals surface area contributed by atoms with Crippen LogP contribution in [0, 0.1) is 6.92 Å². The van der Waals surface area contributed by atoms with Crippen LogP contribution in [-0.4, -0.2) is 24.2 Å². The summed E-state index contributed by atoms with van der Waals surface area (Å²) in [6, 6.07) is 18.7. The molecule has 0 spiro atoms. The number of halogens is 2. The maximum Gasteiger partial charge on any atom is 0.343 e. The zero-order chi connectivity index (χ0) is 23.1. The van der Waals surface area contributed by atoms with E-state index in [2.05, 4.69) is 10.5 Å². The molecule has 32 heavy (non-hydrogen) atoms. The molecule has 0 aliphatic carbocycles. The van der Waals surface area contributed by atoms with Crippen LogP contribution < -0.4 is 14.9 Å². The Morgan fingerprint density at radius 1 is 1.03 bits per heavy atom. The van der Waals surface area contributed by atoms with Crippen LogP contribution in [-0.2, 0) is 4.79 Å². The van der Waals surface area contributed by atoms with Gasteiger partial charge in [-0.05, 0) is 73.5 Å². The predicted octanol–water partition coefficient (Wildman–Crippen LogP) is 5.44. The van der Waals surface area contributed by atoms with Crippen molar-refractivity contribution in [1.29, 1.82) is 0 Å². The third kappa shape index (κ3) is 6.33. The first-order valence-electron chi connectivity index (χ1n) is 9.66. The number of esters is 1. The number of hydrazone groups is 1. The Morgan fingerprint density at radius 3 is 2.44 bits per heavy atom. The van der Waals surface area contributed by atoms with E-state index in [1.165, 1.54) is 12.3 Å². The quantitative estimate of drug-likeness (QED) is 0.216. The summed E-state index contributed by atoms with van der Waals surface area (Å²) in [5.41, 5.74) is 4.46. The van der Waals surface area contributed by atoms with Gasteiger partial charge in [0.05, 0.1) is 16.8 Å². The molecule has 3 rings (SSSR count). The molecule has 0 aromatic heterocycles. The first-order chi connectivity index (χ1) is 15.3. The molecule has 6 nitrogen and oxygen atoms in total. The maximum atomic E-state index is 12.3. The number of ether oxygens (including phenoxy) is 2. The van der Waals surface area contributed by atoms with Gasteiger partial charge in [0.25, 0.3) is 5.91 Å². The van der Waals surface area contributed by atoms with Crippen LogP contribution in [0.2, 0.25) is 10.0 Å². The minimum atomic E-state index is -0.825. The molecule has 0 unspecified atom stereocenters. The number of carbonyl (C=O) groups excluding carboxylic acids is 2. The highest BCUT2D eigenvalue weighted by molar-refractivity contribution is 6.35. The van der Waals surface area contributed by atoms with Crippen molar-refractivity contribution >= 4 is 41.3 Å². The summed E-state index contributed by atoms with van der Waals surface area (Å²) >= 11 is 11.9. The van der Waals surface area contributed by atoms with E-state index in [-0.39, 0.29) is 0 Å². The summed E-state index contributed by atoms with van der Waals surface area (Å²) in [7, 11) is 0. The summed E-state index contributed by atoms with van der Waals surface area (Å²) < 4.78 is 10.9. The van der Waals surface area contributed by atoms with Crippen LogP contribution in [0.5, 0.6) is 11.5 Å². The number of carbonyl (C=O) groups is 2. The molecule has 3 aromatic rings. The molecule has 0 fully saturated rings. The van der Waals surface area contributed by atoms with E-state index >= 15 is 0 Å². The van der Waals surface area contributed by atoms with Gasteiger partial charge in [-0.15, -0.1) is 0 Å². The highest BCUT2D eigenvalue weighted by Crippen LogP contribution is 2.28. The molecule has 0 aliphatic heterocycles. The Kier molecular flexibility index (Phi) is 7.87. The molecule has 0 bridgehead atoms. The summed E-state index contributed by atoms with van der Waals surface area (Å²) in [6.45, 7) is 3.42. The number of amides is 1. The highest BCUT2D eigenvalue weighted by Gasteiger charge is 2.16. The van der Waals surface area contributed by atoms with Crippen molar-refractivity contribution < 1.29 is 19.1 Å². The second-order valence-electron chi connectivity index (χ2n) is 6.84. The van der Waals surface area contributed by atoms with Crippen LogP contribution in [0.4, 0.5) is 0 Å². The lowest BCUT2D eigenvalue weighted by Crippen LogP contribution is -2.33. The van der Waals surface area contributed by atoms with Gasteiger partial charge in [0.15, 0.2) is 6.10 Å². The molecule has 0 saturated carbocycles. The third-order valence-electron chi connectivity index (χ3n) is 4.41. The second kappa shape index (κ2) is 10.8. The van der Waals surface area contributed by atoms with Crippen molar-refractivity contribution in [2.45, 2.75) is 20.0 Å². The lowest BCUT2D eigenvalue weighted by molar-refractivity contribution is -0.127. The van der Waals surface area contributed by atoms with Gasteiger partial charge in [0, 0.05) is 5.02 Å². The highest BCUT2D eigenvalue weighted by atomic mass is 35.5. The van der Waals surface area contributed by atoms with Crippen molar-refractivity contribution in [3.8, 4) is 11.5 Å². The minimum Gasteiger partial charge on any atom is -0.479 e. The van der Waals surface area contributed by atoms with Gasteiger partial charge in [-0.1, -0.05) is 41.4 Å². The summed E-state index contributed by atoms with van der Waals surface area (Å²) in [5.74, 6) is -0.123.